The molecule has 5 heterocycles. The van der Waals surface area contributed by atoms with E-state index < -0.39 is 39.0 Å². The Balaban J connectivity index is 1.27. The highest BCUT2D eigenvalue weighted by molar-refractivity contribution is 7.90. The van der Waals surface area contributed by atoms with Gasteiger partial charge >= 0.3 is 6.18 Å². The Morgan fingerprint density at radius 1 is 1.07 bits per heavy atom. The van der Waals surface area contributed by atoms with E-state index in [0.717, 1.165) is 19.3 Å². The molecule has 4 bridgehead atoms. The number of nitrogens with zero attached hydrogens (tertiary/aromatic N) is 4. The third kappa shape index (κ3) is 6.22. The van der Waals surface area contributed by atoms with Crippen molar-refractivity contribution in [1.82, 2.24) is 14.7 Å². The Hall–Kier alpha value is -3.42. The Kier molecular flexibility index (Phi) is 8.02. The maximum atomic E-state index is 13.6. The Morgan fingerprint density at radius 3 is 2.58 bits per heavy atom. The first-order valence-electron chi connectivity index (χ1n) is 15.6. The molecule has 6 rings (SSSR count). The molecule has 0 spiro atoms. The lowest BCUT2D eigenvalue weighted by atomic mass is 9.93. The lowest BCUT2D eigenvalue weighted by molar-refractivity contribution is -0.189. The van der Waals surface area contributed by atoms with Crippen LogP contribution in [0.25, 0.3) is 0 Å². The van der Waals surface area contributed by atoms with Crippen molar-refractivity contribution in [1.29, 1.82) is 0 Å². The number of carbonyl (C=O) groups excluding carboxylic acids is 2. The fourth-order valence-electron chi connectivity index (χ4n) is 7.17. The van der Waals surface area contributed by atoms with E-state index in [-0.39, 0.29) is 35.8 Å². The number of aromatic nitrogens is 2. The van der Waals surface area contributed by atoms with Crippen LogP contribution >= 0.6 is 0 Å². The average Bonchev–Trinajstić information content (AvgIpc) is 3.60. The van der Waals surface area contributed by atoms with Crippen LogP contribution in [0.5, 0.6) is 0 Å². The number of fused-ring (bicyclic) bond motifs is 6. The summed E-state index contributed by atoms with van der Waals surface area (Å²) in [4.78, 5) is 39.6. The van der Waals surface area contributed by atoms with Gasteiger partial charge in [0.2, 0.25) is 5.91 Å². The van der Waals surface area contributed by atoms with Crippen LogP contribution < -0.4 is 19.8 Å². The first-order chi connectivity index (χ1) is 21.2. The van der Waals surface area contributed by atoms with E-state index in [0.29, 0.717) is 62.3 Å². The van der Waals surface area contributed by atoms with E-state index in [4.69, 9.17) is 4.98 Å². The first-order valence-corrected chi connectivity index (χ1v) is 17.1. The van der Waals surface area contributed by atoms with Crippen molar-refractivity contribution < 1.29 is 31.2 Å². The molecule has 2 aromatic heterocycles. The molecule has 3 aliphatic heterocycles. The van der Waals surface area contributed by atoms with Gasteiger partial charge in [0.15, 0.2) is 5.03 Å². The van der Waals surface area contributed by atoms with Crippen molar-refractivity contribution in [3.8, 4) is 0 Å². The van der Waals surface area contributed by atoms with Crippen LogP contribution in [0.15, 0.2) is 35.4 Å². The number of rotatable bonds is 5. The number of hydrogen-bond donors (Lipinski definition) is 2. The van der Waals surface area contributed by atoms with Crippen molar-refractivity contribution in [3.05, 3.63) is 35.9 Å². The van der Waals surface area contributed by atoms with Crippen LogP contribution in [0.4, 0.5) is 30.6 Å². The molecule has 1 saturated carbocycles. The summed E-state index contributed by atoms with van der Waals surface area (Å²) in [6, 6.07) is 7.59. The maximum absolute atomic E-state index is 13.6. The van der Waals surface area contributed by atoms with Crippen molar-refractivity contribution in [2.24, 2.45) is 17.3 Å². The van der Waals surface area contributed by atoms with E-state index in [1.807, 2.05) is 4.90 Å². The molecule has 2 amide bonds. The van der Waals surface area contributed by atoms with Crippen LogP contribution in [0.1, 0.15) is 82.0 Å². The molecule has 0 unspecified atom stereocenters. The second-order valence-electron chi connectivity index (χ2n) is 13.5. The normalized spacial score (nSPS) is 25.5. The molecule has 3 fully saturated rings. The number of halogens is 3. The number of hydrogen-bond acceptors (Lipinski definition) is 8. The van der Waals surface area contributed by atoms with Gasteiger partial charge in [0.05, 0.1) is 11.0 Å². The average molecular weight is 649 g/mol. The van der Waals surface area contributed by atoms with Gasteiger partial charge in [0.25, 0.3) is 15.9 Å². The smallest absolute Gasteiger partial charge is 0.370 e. The molecule has 4 aliphatic rings. The highest BCUT2D eigenvalue weighted by Gasteiger charge is 2.62. The standard InChI is InChI=1S/C31H39F3N6O4S/c1-29(2)18-20-6-5-16-35-23-8-3-9-25(36-23)45(43,44)38-27(41)22-10-11-24(37-26(22)40(29)19-20)39-17-12-21(28(39)42)7-4-13-30(14-15-30)31(32,33)34/h3,8-11,20-21H,4-7,12-19H2,1-2H3,(H,35,36)(H,38,41)/t20-,21-/m0/s1. The highest BCUT2D eigenvalue weighted by atomic mass is 32.2. The van der Waals surface area contributed by atoms with Gasteiger partial charge in [-0.2, -0.15) is 21.6 Å². The quantitative estimate of drug-likeness (QED) is 0.450. The predicted molar refractivity (Wildman–Crippen MR) is 162 cm³/mol. The van der Waals surface area contributed by atoms with Crippen molar-refractivity contribution in [3.63, 3.8) is 0 Å². The van der Waals surface area contributed by atoms with Crippen molar-refractivity contribution in [2.75, 3.05) is 34.8 Å². The van der Waals surface area contributed by atoms with E-state index in [2.05, 4.69) is 28.9 Å². The van der Waals surface area contributed by atoms with Gasteiger partial charge in [0.1, 0.15) is 17.5 Å². The fourth-order valence-corrected chi connectivity index (χ4v) is 8.11. The zero-order valence-electron chi connectivity index (χ0n) is 25.5. The lowest BCUT2D eigenvalue weighted by Crippen LogP contribution is -2.41. The largest absolute Gasteiger partial charge is 0.394 e. The molecular weight excluding hydrogens is 609 g/mol. The number of amides is 2. The fraction of sp³-hybridized carbons (Fsp3) is 0.613. The zero-order valence-corrected chi connectivity index (χ0v) is 26.3. The molecule has 2 N–H and O–H groups in total. The molecule has 45 heavy (non-hydrogen) atoms. The molecule has 0 aromatic carbocycles. The van der Waals surface area contributed by atoms with Gasteiger partial charge in [-0.1, -0.05) is 12.5 Å². The number of anilines is 3. The minimum Gasteiger partial charge on any atom is -0.370 e. The molecule has 14 heteroatoms. The predicted octanol–water partition coefficient (Wildman–Crippen LogP) is 5.27. The van der Waals surface area contributed by atoms with Gasteiger partial charge in [-0.25, -0.2) is 14.7 Å². The molecule has 1 aliphatic carbocycles. The third-order valence-corrected chi connectivity index (χ3v) is 11.1. The van der Waals surface area contributed by atoms with E-state index >= 15 is 0 Å². The summed E-state index contributed by atoms with van der Waals surface area (Å²) < 4.78 is 68.7. The molecule has 0 radical (unpaired) electrons. The van der Waals surface area contributed by atoms with Gasteiger partial charge in [0, 0.05) is 31.1 Å². The number of alkyl halides is 3. The second-order valence-corrected chi connectivity index (χ2v) is 15.2. The summed E-state index contributed by atoms with van der Waals surface area (Å²) in [6.07, 6.45) is -0.0877. The number of pyridine rings is 2. The van der Waals surface area contributed by atoms with Gasteiger partial charge in [-0.3, -0.25) is 14.5 Å². The number of nitrogens with one attached hydrogen (secondary N) is 2. The van der Waals surface area contributed by atoms with E-state index in [1.54, 1.807) is 12.1 Å². The topological polar surface area (TPSA) is 125 Å². The van der Waals surface area contributed by atoms with Crippen LogP contribution in [0.2, 0.25) is 0 Å². The highest BCUT2D eigenvalue weighted by Crippen LogP contribution is 2.60. The van der Waals surface area contributed by atoms with Crippen LogP contribution in [-0.4, -0.2) is 61.5 Å². The van der Waals surface area contributed by atoms with Crippen LogP contribution in [0, 0.1) is 17.3 Å². The number of carbonyl (C=O) groups is 2. The third-order valence-electron chi connectivity index (χ3n) is 9.90. The second kappa shape index (κ2) is 11.4. The molecule has 244 valence electrons. The number of sulfonamides is 1. The maximum Gasteiger partial charge on any atom is 0.394 e. The van der Waals surface area contributed by atoms with Gasteiger partial charge < -0.3 is 10.2 Å². The molecule has 2 aromatic rings. The van der Waals surface area contributed by atoms with Gasteiger partial charge in [-0.15, -0.1) is 0 Å². The first kappa shape index (κ1) is 31.6. The lowest BCUT2D eigenvalue weighted by Gasteiger charge is -2.34. The van der Waals surface area contributed by atoms with Crippen LogP contribution in [-0.2, 0) is 14.8 Å². The SMILES string of the molecule is CC1(C)C[C@@H]2CCCNc3cccc(n3)S(=O)(=O)NC(=O)c3ccc(N4CC[C@H](CCCC5(C(F)(F)F)CC5)C4=O)nc3N1C2. The van der Waals surface area contributed by atoms with Crippen LogP contribution in [0.3, 0.4) is 0 Å². The summed E-state index contributed by atoms with van der Waals surface area (Å²) in [6.45, 7) is 5.68. The Labute approximate surface area is 261 Å². The molecule has 2 atom stereocenters. The summed E-state index contributed by atoms with van der Waals surface area (Å²) >= 11 is 0. The Bertz CT molecular complexity index is 1590. The zero-order chi connectivity index (χ0) is 32.2. The summed E-state index contributed by atoms with van der Waals surface area (Å²) in [7, 11) is -4.31. The van der Waals surface area contributed by atoms with Crippen molar-refractivity contribution >= 4 is 39.3 Å². The van der Waals surface area contributed by atoms with Gasteiger partial charge in [-0.05, 0) is 95.4 Å². The summed E-state index contributed by atoms with van der Waals surface area (Å²) in [5.74, 6) is -0.127. The van der Waals surface area contributed by atoms with Crippen molar-refractivity contribution in [2.45, 2.75) is 88.4 Å². The monoisotopic (exact) mass is 648 g/mol. The van der Waals surface area contributed by atoms with E-state index in [1.165, 1.54) is 23.1 Å². The Morgan fingerprint density at radius 2 is 1.84 bits per heavy atom. The minimum absolute atomic E-state index is 0.0382. The molecule has 10 nitrogen and oxygen atoms in total. The summed E-state index contributed by atoms with van der Waals surface area (Å²) in [5, 5.41) is 2.88. The van der Waals surface area contributed by atoms with E-state index in [9.17, 15) is 31.2 Å². The summed E-state index contributed by atoms with van der Waals surface area (Å²) in [5.41, 5.74) is -1.93. The molecular formula is C31H39F3N6O4S. The molecule has 2 saturated heterocycles. The minimum atomic E-state index is -4.31.